The Labute approximate surface area is 280 Å². The van der Waals surface area contributed by atoms with Crippen LogP contribution in [0.3, 0.4) is 0 Å². The molecule has 3 amide bonds. The summed E-state index contributed by atoms with van der Waals surface area (Å²) in [5, 5.41) is 8.81. The Balaban J connectivity index is 1.29. The minimum Gasteiger partial charge on any atom is -0.409 e. The maximum Gasteiger partial charge on any atom is 0.415 e. The van der Waals surface area contributed by atoms with Gasteiger partial charge in [0.1, 0.15) is 6.04 Å². The van der Waals surface area contributed by atoms with Crippen molar-refractivity contribution in [3.8, 4) is 5.75 Å². The van der Waals surface area contributed by atoms with E-state index in [2.05, 4.69) is 10.6 Å². The summed E-state index contributed by atoms with van der Waals surface area (Å²) in [5.41, 5.74) is 0. The highest BCUT2D eigenvalue weighted by atomic mass is 35.5. The van der Waals surface area contributed by atoms with Gasteiger partial charge in [0.2, 0.25) is 21.8 Å². The predicted molar refractivity (Wildman–Crippen MR) is 178 cm³/mol. The fourth-order valence-corrected chi connectivity index (χ4v) is 8.82. The van der Waals surface area contributed by atoms with Crippen molar-refractivity contribution >= 4 is 50.9 Å². The lowest BCUT2D eigenvalue weighted by Gasteiger charge is -2.42. The summed E-state index contributed by atoms with van der Waals surface area (Å²) < 4.78 is 31.6. The highest BCUT2D eigenvalue weighted by Crippen LogP contribution is 2.25. The Morgan fingerprint density at radius 3 is 2.52 bits per heavy atom. The molecule has 0 spiro atoms. The largest absolute Gasteiger partial charge is 0.415 e. The number of rotatable bonds is 12. The van der Waals surface area contributed by atoms with Crippen LogP contribution in [-0.2, 0) is 26.2 Å². The normalized spacial score (nSPS) is 21.2. The van der Waals surface area contributed by atoms with Gasteiger partial charge in [-0.1, -0.05) is 55.5 Å². The Hall–Kier alpha value is -2.71. The zero-order valence-electron chi connectivity index (χ0n) is 26.1. The number of ether oxygens (including phenoxy) is 1. The highest BCUT2D eigenvalue weighted by molar-refractivity contribution is 7.89. The monoisotopic (exact) mass is 693 g/mol. The number of nitrogens with zero attached hydrogens (tertiary/aromatic N) is 3. The zero-order valence-corrected chi connectivity index (χ0v) is 28.5. The van der Waals surface area contributed by atoms with Crippen LogP contribution < -0.4 is 15.4 Å². The van der Waals surface area contributed by atoms with Gasteiger partial charge in [-0.2, -0.15) is 0 Å². The molecule has 2 aliphatic heterocycles. The van der Waals surface area contributed by atoms with Gasteiger partial charge < -0.3 is 25.2 Å². The molecule has 46 heavy (non-hydrogen) atoms. The number of amides is 3. The first-order chi connectivity index (χ1) is 22.2. The quantitative estimate of drug-likeness (QED) is 0.319. The van der Waals surface area contributed by atoms with Gasteiger partial charge in [0.15, 0.2) is 5.75 Å². The van der Waals surface area contributed by atoms with Crippen LogP contribution >= 0.6 is 22.9 Å². The predicted octanol–water partition coefficient (Wildman–Crippen LogP) is 4.23. The number of nitrogens with one attached hydrogen (secondary N) is 2. The van der Waals surface area contributed by atoms with E-state index in [0.717, 1.165) is 30.6 Å². The van der Waals surface area contributed by atoms with Gasteiger partial charge >= 0.3 is 6.09 Å². The number of sulfonamides is 1. The first kappa shape index (κ1) is 34.6. The molecule has 252 valence electrons. The van der Waals surface area contributed by atoms with E-state index in [4.69, 9.17) is 16.3 Å². The Kier molecular flexibility index (Phi) is 12.3. The zero-order chi connectivity index (χ0) is 32.5. The molecule has 2 saturated heterocycles. The molecule has 1 saturated carbocycles. The van der Waals surface area contributed by atoms with E-state index in [1.54, 1.807) is 33.5 Å². The molecule has 11 nitrogen and oxygen atoms in total. The summed E-state index contributed by atoms with van der Waals surface area (Å²) in [6.45, 7) is 1.68. The molecule has 2 atom stereocenters. The number of hydrogen-bond acceptors (Lipinski definition) is 8. The molecular formula is C32H44ClN5O6S2. The summed E-state index contributed by atoms with van der Waals surface area (Å²) in [7, 11) is -3.17. The van der Waals surface area contributed by atoms with E-state index >= 15 is 0 Å². The van der Waals surface area contributed by atoms with Gasteiger partial charge in [-0.3, -0.25) is 9.59 Å². The van der Waals surface area contributed by atoms with Gasteiger partial charge in [-0.25, -0.2) is 17.5 Å². The Morgan fingerprint density at radius 2 is 1.80 bits per heavy atom. The van der Waals surface area contributed by atoms with Crippen molar-refractivity contribution in [2.24, 2.45) is 0 Å². The molecule has 2 N–H and O–H groups in total. The number of para-hydroxylation sites is 1. The maximum atomic E-state index is 14.3. The van der Waals surface area contributed by atoms with Crippen LogP contribution in [0, 0.1) is 0 Å². The molecule has 0 bridgehead atoms. The van der Waals surface area contributed by atoms with Crippen molar-refractivity contribution in [3.63, 3.8) is 0 Å². The molecule has 14 heteroatoms. The lowest BCUT2D eigenvalue weighted by Crippen LogP contribution is -2.64. The fraction of sp³-hybridized carbons (Fsp3) is 0.594. The first-order valence-corrected chi connectivity index (χ1v) is 19.1. The van der Waals surface area contributed by atoms with Crippen LogP contribution in [0.25, 0.3) is 0 Å². The third kappa shape index (κ3) is 9.21. The van der Waals surface area contributed by atoms with Crippen molar-refractivity contribution in [1.29, 1.82) is 0 Å². The van der Waals surface area contributed by atoms with Crippen LogP contribution in [-0.4, -0.2) is 97.0 Å². The van der Waals surface area contributed by atoms with Gasteiger partial charge in [-0.05, 0) is 55.7 Å². The van der Waals surface area contributed by atoms with E-state index in [0.29, 0.717) is 50.3 Å². The lowest BCUT2D eigenvalue weighted by atomic mass is 9.94. The second-order valence-corrected chi connectivity index (χ2v) is 15.7. The molecule has 1 aromatic heterocycles. The third-order valence-corrected chi connectivity index (χ3v) is 12.1. The van der Waals surface area contributed by atoms with E-state index in [9.17, 15) is 22.8 Å². The van der Waals surface area contributed by atoms with Crippen molar-refractivity contribution < 1.29 is 27.5 Å². The van der Waals surface area contributed by atoms with Crippen molar-refractivity contribution in [2.75, 3.05) is 38.5 Å². The lowest BCUT2D eigenvalue weighted by molar-refractivity contribution is -0.145. The molecule has 3 aliphatic rings. The van der Waals surface area contributed by atoms with Crippen molar-refractivity contribution in [2.45, 2.75) is 82.5 Å². The number of benzene rings is 1. The molecule has 0 unspecified atom stereocenters. The number of halogens is 1. The summed E-state index contributed by atoms with van der Waals surface area (Å²) in [4.78, 5) is 45.2. The van der Waals surface area contributed by atoms with E-state index in [1.165, 1.54) is 22.7 Å². The molecule has 3 heterocycles. The third-order valence-electron chi connectivity index (χ3n) is 8.97. The topological polar surface area (TPSA) is 128 Å². The number of carbonyl (C=O) groups excluding carboxylic acids is 3. The SMILES string of the molecule is O=C(NCc1cccs1)[C@@H]1CN(C(=O)Oc2ccccc2Cl)CCN1C(=O)[C@@H](CCCCN1CCCS1(=O)=O)NC1CCCCC1. The van der Waals surface area contributed by atoms with Crippen molar-refractivity contribution in [3.05, 3.63) is 51.7 Å². The summed E-state index contributed by atoms with van der Waals surface area (Å²) in [6.07, 6.45) is 7.23. The minimum absolute atomic E-state index is 0.0196. The maximum absolute atomic E-state index is 14.3. The van der Waals surface area contributed by atoms with Gasteiger partial charge in [0.25, 0.3) is 0 Å². The van der Waals surface area contributed by atoms with Gasteiger partial charge in [0, 0.05) is 37.1 Å². The Morgan fingerprint density at radius 1 is 1.00 bits per heavy atom. The second-order valence-electron chi connectivity index (χ2n) is 12.2. The van der Waals surface area contributed by atoms with Crippen LogP contribution in [0.5, 0.6) is 5.75 Å². The Bertz CT molecular complexity index is 1440. The minimum atomic E-state index is -3.17. The molecular weight excluding hydrogens is 650 g/mol. The molecule has 1 aromatic carbocycles. The molecule has 5 rings (SSSR count). The van der Waals surface area contributed by atoms with Crippen LogP contribution in [0.4, 0.5) is 4.79 Å². The van der Waals surface area contributed by atoms with Gasteiger partial charge in [0.05, 0.1) is 29.9 Å². The molecule has 0 radical (unpaired) electrons. The standard InChI is InChI=1S/C32H44ClN5O6S2/c33-26-13-4-5-15-29(26)44-32(41)36-18-19-38(28(23-36)30(39)34-22-25-12-8-20-45-25)31(40)27(35-24-10-2-1-3-11-24)14-6-7-16-37-17-9-21-46(37,42)43/h4-5,8,12-13,15,20,24,27-28,35H,1-3,6-7,9-11,14,16-19,21-23H2,(H,34,39)/t27-,28+/m1/s1. The molecule has 2 aromatic rings. The van der Waals surface area contributed by atoms with Crippen molar-refractivity contribution in [1.82, 2.24) is 24.7 Å². The number of carbonyl (C=O) groups is 3. The average molecular weight is 694 g/mol. The van der Waals surface area contributed by atoms with Gasteiger partial charge in [-0.15, -0.1) is 11.3 Å². The fourth-order valence-electron chi connectivity index (χ4n) is 6.44. The smallest absolute Gasteiger partial charge is 0.409 e. The highest BCUT2D eigenvalue weighted by Gasteiger charge is 2.40. The van der Waals surface area contributed by atoms with Crippen LogP contribution in [0.1, 0.15) is 62.7 Å². The van der Waals surface area contributed by atoms with Crippen LogP contribution in [0.2, 0.25) is 5.02 Å². The summed E-state index contributed by atoms with van der Waals surface area (Å²) in [5.74, 6) is -0.0854. The van der Waals surface area contributed by atoms with E-state index in [-0.39, 0.29) is 49.0 Å². The number of thiophene rings is 1. The second kappa shape index (κ2) is 16.4. The van der Waals surface area contributed by atoms with E-state index in [1.807, 2.05) is 17.5 Å². The summed E-state index contributed by atoms with van der Waals surface area (Å²) in [6, 6.07) is 9.31. The first-order valence-electron chi connectivity index (χ1n) is 16.3. The number of unbranched alkanes of at least 4 members (excludes halogenated alkanes) is 1. The average Bonchev–Trinajstić information content (AvgIpc) is 3.71. The summed E-state index contributed by atoms with van der Waals surface area (Å²) >= 11 is 7.74. The van der Waals surface area contributed by atoms with Crippen LogP contribution in [0.15, 0.2) is 41.8 Å². The molecule has 1 aliphatic carbocycles. The van der Waals surface area contributed by atoms with E-state index < -0.39 is 28.2 Å². The number of piperazine rings is 1. The number of hydrogen-bond donors (Lipinski definition) is 2. The molecule has 3 fully saturated rings.